The highest BCUT2D eigenvalue weighted by molar-refractivity contribution is 5.92. The predicted molar refractivity (Wildman–Crippen MR) is 102 cm³/mol. The van der Waals surface area contributed by atoms with Gasteiger partial charge in [0.1, 0.15) is 18.9 Å². The van der Waals surface area contributed by atoms with Gasteiger partial charge in [0.25, 0.3) is 5.69 Å². The third-order valence-electron chi connectivity index (χ3n) is 3.66. The molecule has 0 atom stereocenters. The van der Waals surface area contributed by atoms with Gasteiger partial charge >= 0.3 is 0 Å². The maximum Gasteiger partial charge on any atom is 0.296 e. The van der Waals surface area contributed by atoms with Gasteiger partial charge < -0.3 is 33.7 Å². The summed E-state index contributed by atoms with van der Waals surface area (Å²) < 4.78 is 32.8. The SMILES string of the molecule is CC(=O)Nc1cc2c(cc1[N+](=O)[O-])OCCOCCOCCOCCOCCO2. The Balaban J connectivity index is 2.12. The van der Waals surface area contributed by atoms with Crippen molar-refractivity contribution in [3.63, 3.8) is 0 Å². The number of fused-ring (bicyclic) bond motifs is 1. The minimum Gasteiger partial charge on any atom is -0.487 e. The van der Waals surface area contributed by atoms with Crippen molar-refractivity contribution in [2.24, 2.45) is 0 Å². The number of carbonyl (C=O) groups excluding carboxylic acids is 1. The van der Waals surface area contributed by atoms with Crippen molar-refractivity contribution in [2.45, 2.75) is 6.92 Å². The molecule has 0 aliphatic carbocycles. The number of nitrogens with zero attached hydrogens (tertiary/aromatic N) is 1. The monoisotopic (exact) mass is 414 g/mol. The summed E-state index contributed by atoms with van der Waals surface area (Å²) in [4.78, 5) is 22.2. The Labute approximate surface area is 168 Å². The van der Waals surface area contributed by atoms with Crippen LogP contribution in [-0.2, 0) is 23.7 Å². The van der Waals surface area contributed by atoms with Gasteiger partial charge in [-0.2, -0.15) is 0 Å². The fourth-order valence-corrected chi connectivity index (χ4v) is 2.40. The Bertz CT molecular complexity index is 669. The van der Waals surface area contributed by atoms with Crippen LogP contribution in [0.15, 0.2) is 12.1 Å². The van der Waals surface area contributed by atoms with Crippen molar-refractivity contribution in [3.05, 3.63) is 22.2 Å². The highest BCUT2D eigenvalue weighted by atomic mass is 16.6. The molecule has 0 unspecified atom stereocenters. The molecule has 162 valence electrons. The molecule has 0 aromatic heterocycles. The second-order valence-corrected chi connectivity index (χ2v) is 5.90. The molecule has 0 fully saturated rings. The molecule has 1 aromatic carbocycles. The summed E-state index contributed by atoms with van der Waals surface area (Å²) in [6.07, 6.45) is 0. The lowest BCUT2D eigenvalue weighted by Crippen LogP contribution is -2.16. The number of amides is 1. The van der Waals surface area contributed by atoms with Crippen molar-refractivity contribution in [1.82, 2.24) is 0 Å². The number of anilines is 1. The van der Waals surface area contributed by atoms with Gasteiger partial charge in [-0.05, 0) is 0 Å². The van der Waals surface area contributed by atoms with E-state index in [9.17, 15) is 14.9 Å². The van der Waals surface area contributed by atoms with Gasteiger partial charge in [-0.25, -0.2) is 0 Å². The van der Waals surface area contributed by atoms with Crippen LogP contribution in [0.25, 0.3) is 0 Å². The van der Waals surface area contributed by atoms with Crippen molar-refractivity contribution in [2.75, 3.05) is 71.4 Å². The molecule has 1 aromatic rings. The molecular weight excluding hydrogens is 388 g/mol. The van der Waals surface area contributed by atoms with Crippen molar-refractivity contribution < 1.29 is 38.1 Å². The summed E-state index contributed by atoms with van der Waals surface area (Å²) in [5.41, 5.74) is -0.276. The van der Waals surface area contributed by atoms with Gasteiger partial charge in [-0.15, -0.1) is 0 Å². The highest BCUT2D eigenvalue weighted by Gasteiger charge is 2.21. The van der Waals surface area contributed by atoms with Gasteiger partial charge in [0.2, 0.25) is 5.91 Å². The van der Waals surface area contributed by atoms with Gasteiger partial charge in [0.05, 0.1) is 63.8 Å². The molecule has 1 N–H and O–H groups in total. The first kappa shape index (κ1) is 22.8. The van der Waals surface area contributed by atoms with Crippen molar-refractivity contribution >= 4 is 17.3 Å². The summed E-state index contributed by atoms with van der Waals surface area (Å²) in [5, 5.41) is 13.8. The standard InChI is InChI=1S/C18H26N2O9/c1-14(21)19-15-12-17-18(13-16(15)20(22)23)29-11-9-27-7-5-25-3-2-24-4-6-26-8-10-28-17/h12-13H,2-11H2,1H3,(H,19,21). The fourth-order valence-electron chi connectivity index (χ4n) is 2.40. The van der Waals surface area contributed by atoms with Crippen LogP contribution in [0.5, 0.6) is 11.5 Å². The number of hydrogen-bond acceptors (Lipinski definition) is 9. The van der Waals surface area contributed by atoms with Crippen molar-refractivity contribution in [3.8, 4) is 11.5 Å². The smallest absolute Gasteiger partial charge is 0.296 e. The topological polar surface area (TPSA) is 128 Å². The van der Waals surface area contributed by atoms with E-state index in [-0.39, 0.29) is 49.3 Å². The Morgan fingerprint density at radius 2 is 1.24 bits per heavy atom. The third kappa shape index (κ3) is 8.60. The van der Waals surface area contributed by atoms with E-state index in [0.29, 0.717) is 39.6 Å². The maximum atomic E-state index is 11.4. The van der Waals surface area contributed by atoms with Crippen LogP contribution in [0.2, 0.25) is 0 Å². The van der Waals surface area contributed by atoms with E-state index in [2.05, 4.69) is 5.32 Å². The molecule has 29 heavy (non-hydrogen) atoms. The van der Waals surface area contributed by atoms with Crippen LogP contribution >= 0.6 is 0 Å². The molecule has 1 aliphatic heterocycles. The van der Waals surface area contributed by atoms with Crippen LogP contribution in [0, 0.1) is 10.1 Å². The summed E-state index contributed by atoms with van der Waals surface area (Å²) in [5.74, 6) is -0.00753. The van der Waals surface area contributed by atoms with Gasteiger partial charge in [0, 0.05) is 13.0 Å². The Morgan fingerprint density at radius 3 is 1.66 bits per heavy atom. The summed E-state index contributed by atoms with van der Waals surface area (Å²) >= 11 is 0. The second kappa shape index (κ2) is 12.9. The van der Waals surface area contributed by atoms with Crippen LogP contribution in [0.4, 0.5) is 11.4 Å². The van der Waals surface area contributed by atoms with E-state index < -0.39 is 10.8 Å². The highest BCUT2D eigenvalue weighted by Crippen LogP contribution is 2.38. The Morgan fingerprint density at radius 1 is 0.828 bits per heavy atom. The lowest BCUT2D eigenvalue weighted by atomic mass is 10.2. The molecule has 0 saturated carbocycles. The number of nitrogens with one attached hydrogen (secondary N) is 1. The van der Waals surface area contributed by atoms with E-state index in [1.807, 2.05) is 0 Å². The Kier molecular flexibility index (Phi) is 10.1. The molecule has 0 spiro atoms. The summed E-state index contributed by atoms with van der Waals surface area (Å²) in [7, 11) is 0. The first-order valence-electron chi connectivity index (χ1n) is 9.24. The third-order valence-corrected chi connectivity index (χ3v) is 3.66. The molecule has 11 heteroatoms. The van der Waals surface area contributed by atoms with Gasteiger partial charge in [-0.1, -0.05) is 0 Å². The number of benzene rings is 1. The normalized spacial score (nSPS) is 17.6. The molecule has 1 amide bonds. The van der Waals surface area contributed by atoms with E-state index in [1.54, 1.807) is 0 Å². The minimum atomic E-state index is -0.600. The van der Waals surface area contributed by atoms with E-state index >= 15 is 0 Å². The van der Waals surface area contributed by atoms with E-state index in [0.717, 1.165) is 0 Å². The molecule has 1 heterocycles. The Hall–Kier alpha value is -2.47. The summed E-state index contributed by atoms with van der Waals surface area (Å²) in [6.45, 7) is 4.74. The molecule has 11 nitrogen and oxygen atoms in total. The fraction of sp³-hybridized carbons (Fsp3) is 0.611. The zero-order chi connectivity index (χ0) is 20.9. The molecule has 0 saturated heterocycles. The maximum absolute atomic E-state index is 11.4. The van der Waals surface area contributed by atoms with E-state index in [4.69, 9.17) is 28.4 Å². The molecular formula is C18H26N2O9. The first-order valence-corrected chi connectivity index (χ1v) is 9.24. The van der Waals surface area contributed by atoms with Crippen molar-refractivity contribution in [1.29, 1.82) is 0 Å². The molecule has 0 radical (unpaired) electrons. The van der Waals surface area contributed by atoms with E-state index in [1.165, 1.54) is 19.1 Å². The first-order chi connectivity index (χ1) is 14.1. The molecule has 1 aliphatic rings. The van der Waals surface area contributed by atoms with Crippen LogP contribution in [0.3, 0.4) is 0 Å². The quantitative estimate of drug-likeness (QED) is 0.564. The van der Waals surface area contributed by atoms with Gasteiger partial charge in [-0.3, -0.25) is 14.9 Å². The zero-order valence-corrected chi connectivity index (χ0v) is 16.3. The zero-order valence-electron chi connectivity index (χ0n) is 16.3. The average Bonchev–Trinajstić information content (AvgIpc) is 2.67. The van der Waals surface area contributed by atoms with Gasteiger partial charge in [0.15, 0.2) is 11.5 Å². The minimum absolute atomic E-state index is 0.0229. The molecule has 0 bridgehead atoms. The van der Waals surface area contributed by atoms with Crippen LogP contribution in [0.1, 0.15) is 6.92 Å². The number of ether oxygens (including phenoxy) is 6. The lowest BCUT2D eigenvalue weighted by Gasteiger charge is -2.15. The summed E-state index contributed by atoms with van der Waals surface area (Å²) in [6, 6.07) is 2.59. The molecule has 2 rings (SSSR count). The van der Waals surface area contributed by atoms with Crippen LogP contribution in [-0.4, -0.2) is 76.9 Å². The average molecular weight is 414 g/mol. The van der Waals surface area contributed by atoms with Crippen LogP contribution < -0.4 is 14.8 Å². The second-order valence-electron chi connectivity index (χ2n) is 5.90. The number of rotatable bonds is 2. The number of hydrogen-bond donors (Lipinski definition) is 1. The lowest BCUT2D eigenvalue weighted by molar-refractivity contribution is -0.384. The predicted octanol–water partition coefficient (Wildman–Crippen LogP) is 1.39. The number of nitro benzene ring substituents is 1. The number of carbonyl (C=O) groups is 1. The number of nitro groups is 1. The largest absolute Gasteiger partial charge is 0.487 e.